The Morgan fingerprint density at radius 2 is 2.07 bits per heavy atom. The first-order chi connectivity index (χ1) is 7.13. The fraction of sp³-hybridized carbons (Fsp3) is 0.182. The minimum absolute atomic E-state index is 0.216. The van der Waals surface area contributed by atoms with Crippen LogP contribution in [0.1, 0.15) is 26.3 Å². The van der Waals surface area contributed by atoms with E-state index in [0.29, 0.717) is 23.0 Å². The third-order valence-electron chi connectivity index (χ3n) is 2.52. The molecule has 1 heterocycles. The molecular formula is C11H9NO3. The number of carbonyl (C=O) groups is 3. The maximum absolute atomic E-state index is 11.7. The van der Waals surface area contributed by atoms with E-state index in [1.54, 1.807) is 12.1 Å². The average molecular weight is 203 g/mol. The molecule has 2 rings (SSSR count). The first-order valence-corrected chi connectivity index (χ1v) is 4.52. The van der Waals surface area contributed by atoms with Crippen LogP contribution in [0.15, 0.2) is 18.2 Å². The lowest BCUT2D eigenvalue weighted by Crippen LogP contribution is -2.39. The molecule has 1 aromatic rings. The fourth-order valence-electron chi connectivity index (χ4n) is 1.60. The molecule has 76 valence electrons. The van der Waals surface area contributed by atoms with Gasteiger partial charge in [0.2, 0.25) is 5.91 Å². The Hall–Kier alpha value is -1.97. The summed E-state index contributed by atoms with van der Waals surface area (Å²) < 4.78 is 0. The third-order valence-corrected chi connectivity index (χ3v) is 2.52. The average Bonchev–Trinajstić information content (AvgIpc) is 2.26. The number of imide groups is 1. The van der Waals surface area contributed by atoms with Crippen molar-refractivity contribution in [3.63, 3.8) is 0 Å². The van der Waals surface area contributed by atoms with Crippen molar-refractivity contribution in [1.29, 1.82) is 0 Å². The number of rotatable bonds is 1. The highest BCUT2D eigenvalue weighted by molar-refractivity contribution is 6.10. The zero-order valence-corrected chi connectivity index (χ0v) is 8.19. The molecule has 1 aliphatic rings. The number of hydrogen-bond acceptors (Lipinski definition) is 3. The molecule has 4 nitrogen and oxygen atoms in total. The summed E-state index contributed by atoms with van der Waals surface area (Å²) in [7, 11) is 1.45. The van der Waals surface area contributed by atoms with E-state index in [-0.39, 0.29) is 18.2 Å². The molecule has 0 radical (unpaired) electrons. The van der Waals surface area contributed by atoms with Gasteiger partial charge < -0.3 is 0 Å². The number of fused-ring (bicyclic) bond motifs is 1. The van der Waals surface area contributed by atoms with E-state index in [1.165, 1.54) is 13.1 Å². The van der Waals surface area contributed by atoms with Crippen molar-refractivity contribution in [2.45, 2.75) is 6.42 Å². The van der Waals surface area contributed by atoms with E-state index in [9.17, 15) is 14.4 Å². The van der Waals surface area contributed by atoms with Gasteiger partial charge in [-0.15, -0.1) is 0 Å². The molecule has 0 N–H and O–H groups in total. The molecule has 0 aliphatic carbocycles. The minimum Gasteiger partial charge on any atom is -0.298 e. The van der Waals surface area contributed by atoms with Gasteiger partial charge in [-0.1, -0.05) is 12.1 Å². The number of likely N-dealkylation sites (N-methyl/N-ethyl adjacent to an activating group) is 1. The largest absolute Gasteiger partial charge is 0.298 e. The third kappa shape index (κ3) is 1.44. The fourth-order valence-corrected chi connectivity index (χ4v) is 1.60. The van der Waals surface area contributed by atoms with Crippen LogP contribution in [-0.2, 0) is 11.2 Å². The minimum atomic E-state index is -0.343. The van der Waals surface area contributed by atoms with Gasteiger partial charge in [-0.25, -0.2) is 0 Å². The Bertz CT molecular complexity index is 465. The van der Waals surface area contributed by atoms with Gasteiger partial charge >= 0.3 is 0 Å². The molecule has 15 heavy (non-hydrogen) atoms. The number of amides is 2. The Morgan fingerprint density at radius 3 is 2.73 bits per heavy atom. The highest BCUT2D eigenvalue weighted by Crippen LogP contribution is 2.19. The summed E-state index contributed by atoms with van der Waals surface area (Å²) in [6.45, 7) is 0. The smallest absolute Gasteiger partial charge is 0.260 e. The second-order valence-corrected chi connectivity index (χ2v) is 3.47. The van der Waals surface area contributed by atoms with E-state index in [0.717, 1.165) is 4.90 Å². The van der Waals surface area contributed by atoms with Gasteiger partial charge in [0.25, 0.3) is 5.91 Å². The SMILES string of the molecule is CN1C(=O)Cc2ccc(C=O)cc2C1=O. The van der Waals surface area contributed by atoms with Crippen molar-refractivity contribution in [3.05, 3.63) is 34.9 Å². The summed E-state index contributed by atoms with van der Waals surface area (Å²) in [4.78, 5) is 34.7. The summed E-state index contributed by atoms with van der Waals surface area (Å²) in [5, 5.41) is 0. The van der Waals surface area contributed by atoms with Crippen molar-refractivity contribution in [2.24, 2.45) is 0 Å². The first kappa shape index (κ1) is 9.58. The van der Waals surface area contributed by atoms with Crippen LogP contribution >= 0.6 is 0 Å². The lowest BCUT2D eigenvalue weighted by Gasteiger charge is -2.23. The first-order valence-electron chi connectivity index (χ1n) is 4.52. The van der Waals surface area contributed by atoms with E-state index in [2.05, 4.69) is 0 Å². The van der Waals surface area contributed by atoms with Crippen molar-refractivity contribution in [3.8, 4) is 0 Å². The van der Waals surface area contributed by atoms with Crippen LogP contribution in [-0.4, -0.2) is 30.0 Å². The summed E-state index contributed by atoms with van der Waals surface area (Å²) in [6, 6.07) is 4.78. The summed E-state index contributed by atoms with van der Waals surface area (Å²) in [6.07, 6.45) is 0.903. The molecular weight excluding hydrogens is 194 g/mol. The number of carbonyl (C=O) groups excluding carboxylic acids is 3. The van der Waals surface area contributed by atoms with Crippen LogP contribution in [0.2, 0.25) is 0 Å². The van der Waals surface area contributed by atoms with Gasteiger partial charge in [-0.2, -0.15) is 0 Å². The Morgan fingerprint density at radius 1 is 1.33 bits per heavy atom. The molecule has 2 amide bonds. The van der Waals surface area contributed by atoms with Crippen molar-refractivity contribution in [1.82, 2.24) is 4.90 Å². The van der Waals surface area contributed by atoms with Crippen molar-refractivity contribution >= 4 is 18.1 Å². The molecule has 1 aromatic carbocycles. The number of aldehydes is 1. The second-order valence-electron chi connectivity index (χ2n) is 3.47. The highest BCUT2D eigenvalue weighted by atomic mass is 16.2. The quantitative estimate of drug-likeness (QED) is 0.497. The molecule has 0 spiro atoms. The van der Waals surface area contributed by atoms with Gasteiger partial charge in [0.1, 0.15) is 6.29 Å². The Labute approximate surface area is 86.5 Å². The Kier molecular flexibility index (Phi) is 2.11. The maximum atomic E-state index is 11.7. The standard InChI is InChI=1S/C11H9NO3/c1-12-10(14)5-8-3-2-7(6-13)4-9(8)11(12)15/h2-4,6H,5H2,1H3. The van der Waals surface area contributed by atoms with Gasteiger partial charge in [0.15, 0.2) is 0 Å². The summed E-state index contributed by atoms with van der Waals surface area (Å²) in [5.41, 5.74) is 1.58. The van der Waals surface area contributed by atoms with E-state index in [4.69, 9.17) is 0 Å². The monoisotopic (exact) mass is 203 g/mol. The van der Waals surface area contributed by atoms with E-state index < -0.39 is 0 Å². The molecule has 0 unspecified atom stereocenters. The van der Waals surface area contributed by atoms with Gasteiger partial charge in [0.05, 0.1) is 6.42 Å². The van der Waals surface area contributed by atoms with Crippen LogP contribution in [0.5, 0.6) is 0 Å². The molecule has 0 saturated carbocycles. The molecule has 0 fully saturated rings. The number of nitrogens with zero attached hydrogens (tertiary/aromatic N) is 1. The normalized spacial score (nSPS) is 15.1. The zero-order valence-electron chi connectivity index (χ0n) is 8.19. The lowest BCUT2D eigenvalue weighted by molar-refractivity contribution is -0.127. The summed E-state index contributed by atoms with van der Waals surface area (Å²) in [5.74, 6) is -0.559. The predicted octanol–water partition coefficient (Wildman–Crippen LogP) is 0.654. The summed E-state index contributed by atoms with van der Waals surface area (Å²) >= 11 is 0. The van der Waals surface area contributed by atoms with Crippen LogP contribution in [0.3, 0.4) is 0 Å². The molecule has 0 aromatic heterocycles. The van der Waals surface area contributed by atoms with E-state index >= 15 is 0 Å². The van der Waals surface area contributed by atoms with Crippen LogP contribution < -0.4 is 0 Å². The molecule has 4 heteroatoms. The van der Waals surface area contributed by atoms with Crippen LogP contribution in [0.25, 0.3) is 0 Å². The van der Waals surface area contributed by atoms with Crippen LogP contribution in [0.4, 0.5) is 0 Å². The molecule has 1 aliphatic heterocycles. The maximum Gasteiger partial charge on any atom is 0.260 e. The molecule has 0 atom stereocenters. The van der Waals surface area contributed by atoms with Gasteiger partial charge in [-0.05, 0) is 11.6 Å². The Balaban J connectivity index is 2.56. The second kappa shape index (κ2) is 3.31. The molecule has 0 saturated heterocycles. The predicted molar refractivity (Wildman–Crippen MR) is 52.6 cm³/mol. The number of hydrogen-bond donors (Lipinski definition) is 0. The topological polar surface area (TPSA) is 54.5 Å². The number of benzene rings is 1. The van der Waals surface area contributed by atoms with Gasteiger partial charge in [-0.3, -0.25) is 19.3 Å². The van der Waals surface area contributed by atoms with Crippen LogP contribution in [0, 0.1) is 0 Å². The zero-order chi connectivity index (χ0) is 11.0. The van der Waals surface area contributed by atoms with Crippen molar-refractivity contribution < 1.29 is 14.4 Å². The highest BCUT2D eigenvalue weighted by Gasteiger charge is 2.27. The van der Waals surface area contributed by atoms with E-state index in [1.807, 2.05) is 0 Å². The molecule has 0 bridgehead atoms. The van der Waals surface area contributed by atoms with Gasteiger partial charge in [0, 0.05) is 18.2 Å². The lowest BCUT2D eigenvalue weighted by atomic mass is 9.97. The van der Waals surface area contributed by atoms with Crippen molar-refractivity contribution in [2.75, 3.05) is 7.05 Å².